The van der Waals surface area contributed by atoms with E-state index in [1.165, 1.54) is 12.1 Å². The van der Waals surface area contributed by atoms with Crippen molar-refractivity contribution in [3.8, 4) is 17.2 Å². The molecule has 2 atom stereocenters. The number of amides is 1. The van der Waals surface area contributed by atoms with Crippen LogP contribution in [0.4, 0.5) is 5.69 Å². The van der Waals surface area contributed by atoms with E-state index < -0.39 is 23.4 Å². The Morgan fingerprint density at radius 3 is 2.62 bits per heavy atom. The SMILES string of the molecule is COC1CCC(Oc2ccc3c(OCCO)c(NC(=O)c4ccc(O)c(CC=C(C)C)c4)c(=O)oc3c2C)OC1(C)C. The molecular weight excluding hydrogens is 542 g/mol. The van der Waals surface area contributed by atoms with Crippen molar-refractivity contribution in [3.63, 3.8) is 0 Å². The number of phenolic OH excluding ortho intramolecular Hbond substituents is 1. The molecular formula is C32H39NO9. The summed E-state index contributed by atoms with van der Waals surface area (Å²) in [5, 5.41) is 22.7. The lowest BCUT2D eigenvalue weighted by molar-refractivity contribution is -0.233. The molecule has 1 aliphatic rings. The lowest BCUT2D eigenvalue weighted by Crippen LogP contribution is -2.49. The van der Waals surface area contributed by atoms with E-state index in [2.05, 4.69) is 5.32 Å². The molecule has 2 aromatic carbocycles. The summed E-state index contributed by atoms with van der Waals surface area (Å²) in [5.41, 5.74) is 1.08. The topological polar surface area (TPSA) is 137 Å². The number of aliphatic hydroxyl groups excluding tert-OH is 1. The van der Waals surface area contributed by atoms with E-state index in [0.717, 1.165) is 12.0 Å². The van der Waals surface area contributed by atoms with Crippen LogP contribution in [0.15, 0.2) is 51.2 Å². The fourth-order valence-electron chi connectivity index (χ4n) is 5.01. The Labute approximate surface area is 244 Å². The number of ether oxygens (including phenoxy) is 4. The average molecular weight is 582 g/mol. The molecule has 2 heterocycles. The summed E-state index contributed by atoms with van der Waals surface area (Å²) in [7, 11) is 1.66. The van der Waals surface area contributed by atoms with Crippen LogP contribution in [-0.2, 0) is 15.9 Å². The minimum absolute atomic E-state index is 0.0570. The van der Waals surface area contributed by atoms with Crippen LogP contribution in [0.5, 0.6) is 17.2 Å². The predicted molar refractivity (Wildman–Crippen MR) is 159 cm³/mol. The fraction of sp³-hybridized carbons (Fsp3) is 0.438. The largest absolute Gasteiger partial charge is 0.508 e. The molecule has 1 saturated heterocycles. The first-order valence-electron chi connectivity index (χ1n) is 13.9. The van der Waals surface area contributed by atoms with E-state index in [-0.39, 0.29) is 47.7 Å². The number of aliphatic hydroxyl groups is 1. The number of hydrogen-bond acceptors (Lipinski definition) is 9. The van der Waals surface area contributed by atoms with Crippen LogP contribution in [0.25, 0.3) is 11.0 Å². The van der Waals surface area contributed by atoms with Crippen LogP contribution in [0.1, 0.15) is 62.0 Å². The van der Waals surface area contributed by atoms with Crippen LogP contribution in [0.2, 0.25) is 0 Å². The maximum atomic E-state index is 13.2. The molecule has 0 bridgehead atoms. The highest BCUT2D eigenvalue weighted by molar-refractivity contribution is 6.06. The second-order valence-electron chi connectivity index (χ2n) is 11.1. The van der Waals surface area contributed by atoms with Crippen molar-refractivity contribution >= 4 is 22.6 Å². The number of nitrogens with one attached hydrogen (secondary N) is 1. The van der Waals surface area contributed by atoms with Gasteiger partial charge in [-0.1, -0.05) is 11.6 Å². The van der Waals surface area contributed by atoms with Crippen molar-refractivity contribution in [3.05, 3.63) is 69.1 Å². The zero-order valence-electron chi connectivity index (χ0n) is 24.9. The third-order valence-electron chi connectivity index (χ3n) is 7.29. The predicted octanol–water partition coefficient (Wildman–Crippen LogP) is 5.25. The van der Waals surface area contributed by atoms with Gasteiger partial charge in [-0.25, -0.2) is 4.79 Å². The molecule has 1 fully saturated rings. The lowest BCUT2D eigenvalue weighted by Gasteiger charge is -2.41. The van der Waals surface area contributed by atoms with Gasteiger partial charge in [-0.15, -0.1) is 0 Å². The number of aromatic hydroxyl groups is 1. The molecule has 4 rings (SSSR count). The zero-order valence-corrected chi connectivity index (χ0v) is 24.9. The molecule has 3 N–H and O–H groups in total. The van der Waals surface area contributed by atoms with Gasteiger partial charge >= 0.3 is 5.63 Å². The van der Waals surface area contributed by atoms with E-state index in [0.29, 0.717) is 35.1 Å². The van der Waals surface area contributed by atoms with Crippen LogP contribution < -0.4 is 20.4 Å². The van der Waals surface area contributed by atoms with E-state index in [9.17, 15) is 19.8 Å². The molecule has 1 aromatic heterocycles. The quantitative estimate of drug-likeness (QED) is 0.217. The summed E-state index contributed by atoms with van der Waals surface area (Å²) in [6.07, 6.45) is 3.18. The smallest absolute Gasteiger partial charge is 0.364 e. The third-order valence-corrected chi connectivity index (χ3v) is 7.29. The van der Waals surface area contributed by atoms with Crippen molar-refractivity contribution in [1.29, 1.82) is 0 Å². The Kier molecular flexibility index (Phi) is 9.60. The minimum atomic E-state index is -0.828. The first kappa shape index (κ1) is 31.1. The van der Waals surface area contributed by atoms with Gasteiger partial charge in [0.25, 0.3) is 5.91 Å². The Morgan fingerprint density at radius 2 is 1.95 bits per heavy atom. The molecule has 3 aromatic rings. The number of carbonyl (C=O) groups is 1. The van der Waals surface area contributed by atoms with Gasteiger partial charge in [-0.05, 0) is 83.4 Å². The number of fused-ring (bicyclic) bond motifs is 1. The summed E-state index contributed by atoms with van der Waals surface area (Å²) >= 11 is 0. The molecule has 226 valence electrons. The highest BCUT2D eigenvalue weighted by Crippen LogP contribution is 2.38. The molecule has 10 heteroatoms. The summed E-state index contributed by atoms with van der Waals surface area (Å²) in [5.74, 6) is 0.0208. The number of hydrogen-bond donors (Lipinski definition) is 3. The van der Waals surface area contributed by atoms with Crippen LogP contribution in [-0.4, -0.2) is 54.4 Å². The number of carbonyl (C=O) groups excluding carboxylic acids is 1. The first-order valence-corrected chi connectivity index (χ1v) is 13.9. The average Bonchev–Trinajstić information content (AvgIpc) is 2.93. The number of rotatable bonds is 10. The van der Waals surface area contributed by atoms with Gasteiger partial charge in [0.1, 0.15) is 23.7 Å². The first-order chi connectivity index (χ1) is 19.9. The molecule has 0 aliphatic carbocycles. The van der Waals surface area contributed by atoms with Crippen LogP contribution in [0, 0.1) is 6.92 Å². The summed E-state index contributed by atoms with van der Waals surface area (Å²) in [6, 6.07) is 7.87. The standard InChI is InChI=1S/C32H39NO9/c1-18(2)7-8-20-17-21(9-11-23(20)35)30(36)33-27-29(39-16-15-34)22-10-12-24(19(3)28(22)41-31(27)37)40-26-14-13-25(38-6)32(4,5)42-26/h7,9-12,17,25-26,34-35H,8,13-16H2,1-6H3,(H,33,36). The summed E-state index contributed by atoms with van der Waals surface area (Å²) < 4.78 is 29.3. The van der Waals surface area contributed by atoms with Gasteiger partial charge < -0.3 is 38.9 Å². The number of allylic oxidation sites excluding steroid dienone is 2. The number of phenols is 1. The van der Waals surface area contributed by atoms with Crippen molar-refractivity contribution in [1.82, 2.24) is 0 Å². The van der Waals surface area contributed by atoms with Crippen molar-refractivity contribution in [2.75, 3.05) is 25.6 Å². The Morgan fingerprint density at radius 1 is 1.19 bits per heavy atom. The molecule has 1 amide bonds. The Balaban J connectivity index is 1.67. The van der Waals surface area contributed by atoms with E-state index in [1.807, 2.05) is 33.8 Å². The van der Waals surface area contributed by atoms with E-state index in [4.69, 9.17) is 23.4 Å². The maximum Gasteiger partial charge on any atom is 0.364 e. The van der Waals surface area contributed by atoms with E-state index >= 15 is 0 Å². The van der Waals surface area contributed by atoms with Gasteiger partial charge in [0, 0.05) is 24.7 Å². The molecule has 1 aliphatic heterocycles. The van der Waals surface area contributed by atoms with Gasteiger partial charge in [0.05, 0.1) is 23.7 Å². The highest BCUT2D eigenvalue weighted by Gasteiger charge is 2.39. The minimum Gasteiger partial charge on any atom is -0.508 e. The van der Waals surface area contributed by atoms with Crippen LogP contribution >= 0.6 is 0 Å². The van der Waals surface area contributed by atoms with E-state index in [1.54, 1.807) is 32.2 Å². The fourth-order valence-corrected chi connectivity index (χ4v) is 5.01. The Hall–Kier alpha value is -3.86. The summed E-state index contributed by atoms with van der Waals surface area (Å²) in [4.78, 5) is 26.5. The molecule has 2 unspecified atom stereocenters. The van der Waals surface area contributed by atoms with Gasteiger partial charge in [0.2, 0.25) is 6.29 Å². The van der Waals surface area contributed by atoms with Crippen molar-refractivity contribution in [2.24, 2.45) is 0 Å². The zero-order chi connectivity index (χ0) is 30.6. The monoisotopic (exact) mass is 581 g/mol. The lowest BCUT2D eigenvalue weighted by atomic mass is 9.94. The number of anilines is 1. The number of benzene rings is 2. The van der Waals surface area contributed by atoms with Crippen molar-refractivity contribution in [2.45, 2.75) is 71.9 Å². The van der Waals surface area contributed by atoms with Gasteiger partial charge in [-0.3, -0.25) is 4.79 Å². The highest BCUT2D eigenvalue weighted by atomic mass is 16.7. The normalized spacial score (nSPS) is 18.0. The summed E-state index contributed by atoms with van der Waals surface area (Å²) in [6.45, 7) is 9.12. The number of methoxy groups -OCH3 is 1. The second-order valence-corrected chi connectivity index (χ2v) is 11.1. The Bertz CT molecular complexity index is 1540. The number of aryl methyl sites for hydroxylation is 1. The molecule has 0 radical (unpaired) electrons. The maximum absolute atomic E-state index is 13.2. The molecule has 0 spiro atoms. The third kappa shape index (κ3) is 6.78. The molecule has 0 saturated carbocycles. The molecule has 10 nitrogen and oxygen atoms in total. The van der Waals surface area contributed by atoms with Gasteiger partial charge in [0.15, 0.2) is 11.4 Å². The van der Waals surface area contributed by atoms with Crippen molar-refractivity contribution < 1.29 is 38.4 Å². The molecule has 42 heavy (non-hydrogen) atoms. The second kappa shape index (κ2) is 13.0. The van der Waals surface area contributed by atoms with Crippen LogP contribution in [0.3, 0.4) is 0 Å². The van der Waals surface area contributed by atoms with Gasteiger partial charge in [-0.2, -0.15) is 0 Å².